The summed E-state index contributed by atoms with van der Waals surface area (Å²) in [7, 11) is 0. The van der Waals surface area contributed by atoms with Crippen molar-refractivity contribution in [1.82, 2.24) is 24.9 Å². The Morgan fingerprint density at radius 1 is 1.00 bits per heavy atom. The molecule has 12 heteroatoms. The molecule has 0 radical (unpaired) electrons. The van der Waals surface area contributed by atoms with Crippen LogP contribution < -0.4 is 5.56 Å². The van der Waals surface area contributed by atoms with Gasteiger partial charge in [0, 0.05) is 45.2 Å². The summed E-state index contributed by atoms with van der Waals surface area (Å²) in [4.78, 5) is 42.5. The zero-order chi connectivity index (χ0) is 23.3. The largest absolute Gasteiger partial charge is 0.422 e. The van der Waals surface area contributed by atoms with Gasteiger partial charge in [0.1, 0.15) is 11.7 Å². The van der Waals surface area contributed by atoms with E-state index in [1.807, 2.05) is 14.9 Å². The number of piperazine rings is 1. The summed E-state index contributed by atoms with van der Waals surface area (Å²) in [6, 6.07) is -0.412. The predicted molar refractivity (Wildman–Crippen MR) is 108 cm³/mol. The third kappa shape index (κ3) is 4.25. The van der Waals surface area contributed by atoms with E-state index in [1.54, 1.807) is 4.90 Å². The Labute approximate surface area is 187 Å². The van der Waals surface area contributed by atoms with Crippen LogP contribution in [0.3, 0.4) is 0 Å². The summed E-state index contributed by atoms with van der Waals surface area (Å²) in [5.41, 5.74) is -2.23. The Bertz CT molecular complexity index is 1000. The van der Waals surface area contributed by atoms with Crippen LogP contribution in [0.4, 0.5) is 13.2 Å². The number of aromatic amines is 1. The Balaban J connectivity index is 1.25. The highest BCUT2D eigenvalue weighted by Crippen LogP contribution is 2.40. The second kappa shape index (κ2) is 8.39. The summed E-state index contributed by atoms with van der Waals surface area (Å²) in [6.45, 7) is 2.88. The standard InChI is InChI=1S/C21H26F3N5O4/c22-21(23,24)16-13-3-4-14(17(13)25-26-18(16)30)29-9-10-33-15(11-29)20(32)28-7-5-27(6-8-28)19(31)12-1-2-12/h12,14-15H,1-11H2,(H,26,30). The minimum absolute atomic E-state index is 0.0536. The van der Waals surface area contributed by atoms with E-state index in [0.29, 0.717) is 39.1 Å². The molecule has 2 aliphatic carbocycles. The number of hydrogen-bond acceptors (Lipinski definition) is 6. The SMILES string of the molecule is O=C(C1CC1)N1CCN(C(=O)C2CN(C3CCc4c3n[nH]c(=O)c4C(F)(F)F)CCO2)CC1. The zero-order valence-corrected chi connectivity index (χ0v) is 18.1. The first-order valence-electron chi connectivity index (χ1n) is 11.4. The van der Waals surface area contributed by atoms with E-state index < -0.39 is 29.4 Å². The molecule has 5 rings (SSSR count). The number of morpholine rings is 1. The minimum Gasteiger partial charge on any atom is -0.366 e. The number of amides is 2. The summed E-state index contributed by atoms with van der Waals surface area (Å²) < 4.78 is 46.0. The number of fused-ring (bicyclic) bond motifs is 1. The number of carbonyl (C=O) groups is 2. The van der Waals surface area contributed by atoms with E-state index in [2.05, 4.69) is 5.10 Å². The summed E-state index contributed by atoms with van der Waals surface area (Å²) in [5, 5.41) is 5.94. The third-order valence-corrected chi connectivity index (χ3v) is 7.03. The van der Waals surface area contributed by atoms with Gasteiger partial charge in [0.25, 0.3) is 11.5 Å². The van der Waals surface area contributed by atoms with Gasteiger partial charge in [-0.05, 0) is 31.2 Å². The molecule has 4 aliphatic rings. The van der Waals surface area contributed by atoms with Crippen LogP contribution in [0, 0.1) is 5.92 Å². The lowest BCUT2D eigenvalue weighted by atomic mass is 10.1. The topological polar surface area (TPSA) is 98.8 Å². The van der Waals surface area contributed by atoms with Gasteiger partial charge in [-0.2, -0.15) is 18.3 Å². The highest BCUT2D eigenvalue weighted by Gasteiger charge is 2.44. The van der Waals surface area contributed by atoms with Gasteiger partial charge in [0.2, 0.25) is 5.91 Å². The highest BCUT2D eigenvalue weighted by molar-refractivity contribution is 5.83. The number of H-pyrrole nitrogens is 1. The molecule has 2 aliphatic heterocycles. The van der Waals surface area contributed by atoms with E-state index >= 15 is 0 Å². The second-order valence-corrected chi connectivity index (χ2v) is 9.12. The van der Waals surface area contributed by atoms with Crippen LogP contribution in [0.5, 0.6) is 0 Å². The van der Waals surface area contributed by atoms with Crippen LogP contribution >= 0.6 is 0 Å². The fourth-order valence-corrected chi connectivity index (χ4v) is 5.14. The maximum atomic E-state index is 13.4. The Morgan fingerprint density at radius 3 is 2.30 bits per heavy atom. The van der Waals surface area contributed by atoms with E-state index in [-0.39, 0.29) is 48.6 Å². The van der Waals surface area contributed by atoms with Gasteiger partial charge in [-0.3, -0.25) is 19.3 Å². The van der Waals surface area contributed by atoms with Crippen LogP contribution in [0.2, 0.25) is 0 Å². The number of carbonyl (C=O) groups excluding carboxylic acids is 2. The Kier molecular flexibility index (Phi) is 5.68. The van der Waals surface area contributed by atoms with Crippen molar-refractivity contribution in [1.29, 1.82) is 0 Å². The number of halogens is 3. The molecule has 1 saturated carbocycles. The van der Waals surface area contributed by atoms with Crippen molar-refractivity contribution in [2.45, 2.75) is 44.0 Å². The Hall–Kier alpha value is -2.47. The van der Waals surface area contributed by atoms with Crippen molar-refractivity contribution >= 4 is 11.8 Å². The molecule has 1 aromatic heterocycles. The quantitative estimate of drug-likeness (QED) is 0.695. The predicted octanol–water partition coefficient (Wildman–Crippen LogP) is 0.558. The molecule has 2 unspecified atom stereocenters. The second-order valence-electron chi connectivity index (χ2n) is 9.12. The Morgan fingerprint density at radius 2 is 1.67 bits per heavy atom. The lowest BCUT2D eigenvalue weighted by molar-refractivity contribution is -0.154. The molecule has 3 fully saturated rings. The van der Waals surface area contributed by atoms with Crippen LogP contribution in [0.15, 0.2) is 4.79 Å². The van der Waals surface area contributed by atoms with Crippen LogP contribution in [-0.2, 0) is 26.9 Å². The lowest BCUT2D eigenvalue weighted by Crippen LogP contribution is -2.56. The van der Waals surface area contributed by atoms with Crippen LogP contribution in [-0.4, -0.2) is 88.7 Å². The molecule has 2 saturated heterocycles. The molecular weight excluding hydrogens is 443 g/mol. The van der Waals surface area contributed by atoms with Gasteiger partial charge in [-0.25, -0.2) is 5.10 Å². The number of nitrogens with one attached hydrogen (secondary N) is 1. The van der Waals surface area contributed by atoms with E-state index in [4.69, 9.17) is 4.74 Å². The summed E-state index contributed by atoms with van der Waals surface area (Å²) in [6.07, 6.45) is -3.08. The molecule has 33 heavy (non-hydrogen) atoms. The van der Waals surface area contributed by atoms with E-state index in [1.165, 1.54) is 0 Å². The van der Waals surface area contributed by atoms with Gasteiger partial charge in [-0.15, -0.1) is 0 Å². The number of nitrogens with zero attached hydrogens (tertiary/aromatic N) is 4. The van der Waals surface area contributed by atoms with Crippen molar-refractivity contribution in [2.75, 3.05) is 45.9 Å². The average Bonchev–Trinajstić information content (AvgIpc) is 3.56. The maximum Gasteiger partial charge on any atom is 0.422 e. The van der Waals surface area contributed by atoms with Crippen molar-refractivity contribution in [2.24, 2.45) is 5.92 Å². The number of rotatable bonds is 3. The van der Waals surface area contributed by atoms with E-state index in [9.17, 15) is 27.6 Å². The van der Waals surface area contributed by atoms with Crippen molar-refractivity contribution < 1.29 is 27.5 Å². The molecule has 2 amide bonds. The molecule has 2 atom stereocenters. The first-order valence-corrected chi connectivity index (χ1v) is 11.4. The smallest absolute Gasteiger partial charge is 0.366 e. The van der Waals surface area contributed by atoms with Crippen LogP contribution in [0.25, 0.3) is 0 Å². The first-order chi connectivity index (χ1) is 15.7. The van der Waals surface area contributed by atoms with Gasteiger partial charge in [-0.1, -0.05) is 0 Å². The van der Waals surface area contributed by atoms with Gasteiger partial charge in [0.15, 0.2) is 0 Å². The molecule has 0 bridgehead atoms. The van der Waals surface area contributed by atoms with Gasteiger partial charge >= 0.3 is 6.18 Å². The van der Waals surface area contributed by atoms with Crippen molar-refractivity contribution in [3.05, 3.63) is 27.2 Å². The molecule has 0 spiro atoms. The highest BCUT2D eigenvalue weighted by atomic mass is 19.4. The molecule has 3 heterocycles. The molecule has 180 valence electrons. The summed E-state index contributed by atoms with van der Waals surface area (Å²) >= 11 is 0. The average molecular weight is 469 g/mol. The molecule has 1 aromatic rings. The molecular formula is C21H26F3N5O4. The third-order valence-electron chi connectivity index (χ3n) is 7.03. The van der Waals surface area contributed by atoms with Crippen molar-refractivity contribution in [3.8, 4) is 0 Å². The van der Waals surface area contributed by atoms with Gasteiger partial charge < -0.3 is 14.5 Å². The molecule has 0 aromatic carbocycles. The van der Waals surface area contributed by atoms with Gasteiger partial charge in [0.05, 0.1) is 18.3 Å². The number of aromatic nitrogens is 2. The minimum atomic E-state index is -4.75. The number of hydrogen-bond donors (Lipinski definition) is 1. The number of ether oxygens (including phenoxy) is 1. The van der Waals surface area contributed by atoms with E-state index in [0.717, 1.165) is 12.8 Å². The monoisotopic (exact) mass is 469 g/mol. The molecule has 1 N–H and O–H groups in total. The van der Waals surface area contributed by atoms with Crippen molar-refractivity contribution in [3.63, 3.8) is 0 Å². The number of alkyl halides is 3. The molecule has 9 nitrogen and oxygen atoms in total. The fourth-order valence-electron chi connectivity index (χ4n) is 5.14. The normalized spacial score (nSPS) is 26.4. The fraction of sp³-hybridized carbons (Fsp3) is 0.714. The zero-order valence-electron chi connectivity index (χ0n) is 18.1. The lowest BCUT2D eigenvalue weighted by Gasteiger charge is -2.40. The summed E-state index contributed by atoms with van der Waals surface area (Å²) in [5.74, 6) is 0.158. The first kappa shape index (κ1) is 22.3. The van der Waals surface area contributed by atoms with Crippen LogP contribution in [0.1, 0.15) is 42.1 Å². The maximum absolute atomic E-state index is 13.4.